The van der Waals surface area contributed by atoms with E-state index in [-0.39, 0.29) is 0 Å². The molecule has 63 heavy (non-hydrogen) atoms. The predicted molar refractivity (Wildman–Crippen MR) is 269 cm³/mol. The number of benzene rings is 8. The number of rotatable bonds is 11. The lowest BCUT2D eigenvalue weighted by molar-refractivity contribution is 0.758. The molecule has 0 saturated heterocycles. The molecule has 0 aliphatic heterocycles. The molecule has 0 fully saturated rings. The molecule has 0 N–H and O–H groups in total. The van der Waals surface area contributed by atoms with Crippen LogP contribution >= 0.6 is 0 Å². The minimum absolute atomic E-state index is 0.497. The minimum atomic E-state index is -0.511. The number of anilines is 3. The van der Waals surface area contributed by atoms with Gasteiger partial charge in [-0.15, -0.1) is 0 Å². The third-order valence-corrected chi connectivity index (χ3v) is 13.1. The van der Waals surface area contributed by atoms with Crippen LogP contribution < -0.4 is 4.90 Å². The molecule has 0 saturated carbocycles. The summed E-state index contributed by atoms with van der Waals surface area (Å²) in [5.41, 5.74) is 20.2. The first-order valence-corrected chi connectivity index (χ1v) is 22.3. The van der Waals surface area contributed by atoms with Gasteiger partial charge in [0.05, 0.1) is 5.41 Å². The normalized spacial score (nSPS) is 14.8. The lowest BCUT2D eigenvalue weighted by atomic mass is 9.67. The van der Waals surface area contributed by atoms with E-state index in [1.165, 1.54) is 66.8 Å². The second-order valence-corrected chi connectivity index (χ2v) is 16.8. The van der Waals surface area contributed by atoms with Crippen LogP contribution in [0.5, 0.6) is 0 Å². The lowest BCUT2D eigenvalue weighted by Crippen LogP contribution is -2.28. The van der Waals surface area contributed by atoms with Crippen molar-refractivity contribution in [2.45, 2.75) is 32.1 Å². The van der Waals surface area contributed by atoms with Gasteiger partial charge in [-0.2, -0.15) is 0 Å². The van der Waals surface area contributed by atoms with Gasteiger partial charge in [-0.1, -0.05) is 209 Å². The Morgan fingerprint density at radius 1 is 0.571 bits per heavy atom. The molecule has 0 heterocycles. The fourth-order valence-electron chi connectivity index (χ4n) is 9.94. The molecule has 10 rings (SSSR count). The number of nitrogens with zero attached hydrogens (tertiary/aromatic N) is 1. The molecule has 2 aliphatic rings. The first-order valence-electron chi connectivity index (χ1n) is 22.3. The number of allylic oxidation sites excluding steroid dienone is 7. The third-order valence-electron chi connectivity index (χ3n) is 13.1. The van der Waals surface area contributed by atoms with E-state index in [1.54, 1.807) is 0 Å². The summed E-state index contributed by atoms with van der Waals surface area (Å²) in [5, 5.41) is 0. The minimum Gasteiger partial charge on any atom is -0.311 e. The van der Waals surface area contributed by atoms with Gasteiger partial charge in [-0.3, -0.25) is 0 Å². The average molecular weight is 810 g/mol. The summed E-state index contributed by atoms with van der Waals surface area (Å²) in [4.78, 5) is 2.36. The smallest absolute Gasteiger partial charge is 0.0714 e. The summed E-state index contributed by atoms with van der Waals surface area (Å²) < 4.78 is 0. The zero-order chi connectivity index (χ0) is 42.8. The molecule has 0 bridgehead atoms. The molecule has 1 atom stereocenters. The van der Waals surface area contributed by atoms with E-state index in [2.05, 4.69) is 256 Å². The van der Waals surface area contributed by atoms with Gasteiger partial charge in [0.15, 0.2) is 0 Å². The standard InChI is InChI=1S/C62H51N/c1-4-5-18-44(2)46-29-36-53(37-30-46)63(55-40-33-49(34-41-55)56-26-16-15-19-45(56)3)54-38-31-47(32-39-54)50-35-42-58-60(43-50)62(51-22-11-7-12-23-51,52-24-13-8-14-25-52)59-28-17-27-57(61(58)59)48-20-9-6-10-21-48/h5-18,20-43,45H,2,4,19H2,1,3H3/b18-5-. The third kappa shape index (κ3) is 7.20. The van der Waals surface area contributed by atoms with Gasteiger partial charge in [0.25, 0.3) is 0 Å². The summed E-state index contributed by atoms with van der Waals surface area (Å²) >= 11 is 0. The van der Waals surface area contributed by atoms with Crippen LogP contribution in [0.15, 0.2) is 237 Å². The van der Waals surface area contributed by atoms with E-state index in [0.29, 0.717) is 5.92 Å². The Morgan fingerprint density at radius 2 is 1.14 bits per heavy atom. The van der Waals surface area contributed by atoms with Crippen molar-refractivity contribution in [2.75, 3.05) is 4.90 Å². The fraction of sp³-hybridized carbons (Fsp3) is 0.0968. The van der Waals surface area contributed by atoms with Crippen LogP contribution in [-0.2, 0) is 5.41 Å². The van der Waals surface area contributed by atoms with Crippen molar-refractivity contribution < 1.29 is 0 Å². The van der Waals surface area contributed by atoms with Crippen LogP contribution in [0.25, 0.3) is 44.5 Å². The molecule has 2 aliphatic carbocycles. The molecule has 0 radical (unpaired) electrons. The van der Waals surface area contributed by atoms with Crippen LogP contribution in [0, 0.1) is 5.92 Å². The molecule has 1 nitrogen and oxygen atoms in total. The van der Waals surface area contributed by atoms with E-state index < -0.39 is 5.41 Å². The van der Waals surface area contributed by atoms with Crippen LogP contribution in [0.4, 0.5) is 17.1 Å². The van der Waals surface area contributed by atoms with Crippen molar-refractivity contribution >= 4 is 28.2 Å². The van der Waals surface area contributed by atoms with Crippen LogP contribution in [0.1, 0.15) is 60.1 Å². The van der Waals surface area contributed by atoms with Gasteiger partial charge < -0.3 is 4.90 Å². The average Bonchev–Trinajstić information content (AvgIpc) is 3.65. The molecule has 8 aromatic rings. The van der Waals surface area contributed by atoms with Crippen LogP contribution in [0.3, 0.4) is 0 Å². The Morgan fingerprint density at radius 3 is 1.75 bits per heavy atom. The molecule has 0 spiro atoms. The molecule has 8 aromatic carbocycles. The molecule has 0 aromatic heterocycles. The SMILES string of the molecule is C=C(/C=C\CC)c1ccc(N(c2ccc(C3=CC=CCC3C)cc2)c2ccc(-c3ccc4c(c3)C(c3ccccc3)(c3ccccc3)c3cccc(-c5ccccc5)c3-4)cc2)cc1. The van der Waals surface area contributed by atoms with Crippen molar-refractivity contribution in [1.29, 1.82) is 0 Å². The summed E-state index contributed by atoms with van der Waals surface area (Å²) in [6.45, 7) is 8.80. The molecule has 304 valence electrons. The number of hydrogen-bond acceptors (Lipinski definition) is 1. The zero-order valence-corrected chi connectivity index (χ0v) is 36.1. The zero-order valence-electron chi connectivity index (χ0n) is 36.1. The summed E-state index contributed by atoms with van der Waals surface area (Å²) in [6, 6.07) is 74.1. The summed E-state index contributed by atoms with van der Waals surface area (Å²) in [5.74, 6) is 0.497. The molecular weight excluding hydrogens is 759 g/mol. The van der Waals surface area contributed by atoms with Crippen LogP contribution in [-0.4, -0.2) is 0 Å². The van der Waals surface area contributed by atoms with Crippen molar-refractivity contribution in [1.82, 2.24) is 0 Å². The first-order chi connectivity index (χ1) is 31.0. The van der Waals surface area contributed by atoms with E-state index in [0.717, 1.165) is 41.0 Å². The molecule has 1 heteroatoms. The van der Waals surface area contributed by atoms with E-state index in [4.69, 9.17) is 0 Å². The Bertz CT molecular complexity index is 2950. The van der Waals surface area contributed by atoms with Gasteiger partial charge in [0.1, 0.15) is 0 Å². The maximum absolute atomic E-state index is 4.34. The quantitative estimate of drug-likeness (QED) is 0.118. The highest BCUT2D eigenvalue weighted by molar-refractivity contribution is 5.96. The van der Waals surface area contributed by atoms with Gasteiger partial charge in [-0.05, 0) is 139 Å². The van der Waals surface area contributed by atoms with Gasteiger partial charge >= 0.3 is 0 Å². The van der Waals surface area contributed by atoms with Crippen molar-refractivity contribution in [3.05, 3.63) is 271 Å². The fourth-order valence-corrected chi connectivity index (χ4v) is 9.94. The summed E-state index contributed by atoms with van der Waals surface area (Å²) in [6.07, 6.45) is 13.0. The molecular formula is C62H51N. The highest BCUT2D eigenvalue weighted by atomic mass is 15.1. The van der Waals surface area contributed by atoms with E-state index >= 15 is 0 Å². The topological polar surface area (TPSA) is 3.24 Å². The molecule has 0 amide bonds. The van der Waals surface area contributed by atoms with Gasteiger partial charge in [0.2, 0.25) is 0 Å². The maximum Gasteiger partial charge on any atom is 0.0714 e. The first kappa shape index (κ1) is 39.6. The van der Waals surface area contributed by atoms with E-state index in [1.807, 2.05) is 0 Å². The van der Waals surface area contributed by atoms with Gasteiger partial charge in [0, 0.05) is 17.1 Å². The largest absolute Gasteiger partial charge is 0.311 e. The number of hydrogen-bond donors (Lipinski definition) is 0. The predicted octanol–water partition coefficient (Wildman–Crippen LogP) is 16.8. The van der Waals surface area contributed by atoms with E-state index in [9.17, 15) is 0 Å². The second-order valence-electron chi connectivity index (χ2n) is 16.8. The highest BCUT2D eigenvalue weighted by Gasteiger charge is 2.47. The second kappa shape index (κ2) is 17.1. The maximum atomic E-state index is 4.34. The lowest BCUT2D eigenvalue weighted by Gasteiger charge is -2.34. The Hall–Kier alpha value is -7.48. The van der Waals surface area contributed by atoms with Gasteiger partial charge in [-0.25, -0.2) is 0 Å². The Balaban J connectivity index is 1.09. The molecule has 1 unspecified atom stereocenters. The van der Waals surface area contributed by atoms with Crippen molar-refractivity contribution in [3.8, 4) is 33.4 Å². The number of fused-ring (bicyclic) bond motifs is 3. The van der Waals surface area contributed by atoms with Crippen LogP contribution in [0.2, 0.25) is 0 Å². The highest BCUT2D eigenvalue weighted by Crippen LogP contribution is 2.59. The van der Waals surface area contributed by atoms with Crippen molar-refractivity contribution in [3.63, 3.8) is 0 Å². The van der Waals surface area contributed by atoms with Crippen molar-refractivity contribution in [2.24, 2.45) is 5.92 Å². The Kier molecular flexibility index (Phi) is 10.8. The summed E-state index contributed by atoms with van der Waals surface area (Å²) in [7, 11) is 0. The monoisotopic (exact) mass is 809 g/mol. The Labute approximate surface area is 373 Å².